The van der Waals surface area contributed by atoms with Crippen molar-refractivity contribution in [3.63, 3.8) is 0 Å². The van der Waals surface area contributed by atoms with Gasteiger partial charge in [-0.05, 0) is 42.2 Å². The van der Waals surface area contributed by atoms with E-state index in [9.17, 15) is 0 Å². The van der Waals surface area contributed by atoms with E-state index in [1.165, 1.54) is 5.56 Å². The van der Waals surface area contributed by atoms with Gasteiger partial charge in [-0.15, -0.1) is 0 Å². The maximum atomic E-state index is 6.16. The molecule has 0 N–H and O–H groups in total. The van der Waals surface area contributed by atoms with Gasteiger partial charge in [-0.25, -0.2) is 0 Å². The van der Waals surface area contributed by atoms with Crippen LogP contribution in [0, 0.1) is 0 Å². The van der Waals surface area contributed by atoms with Crippen LogP contribution in [0.5, 0.6) is 0 Å². The van der Waals surface area contributed by atoms with Crippen LogP contribution in [-0.4, -0.2) is 46.3 Å². The van der Waals surface area contributed by atoms with Crippen LogP contribution in [0.15, 0.2) is 49.1 Å². The van der Waals surface area contributed by atoms with E-state index in [0.717, 1.165) is 38.1 Å². The Balaban J connectivity index is 1.37. The minimum absolute atomic E-state index is 0.176. The predicted molar refractivity (Wildman–Crippen MR) is 90.2 cm³/mol. The minimum Gasteiger partial charge on any atom is -0.373 e. The second-order valence-electron chi connectivity index (χ2n) is 6.52. The molecule has 1 aliphatic heterocycles. The molecule has 2 aromatic heterocycles. The first-order valence-corrected chi connectivity index (χ1v) is 8.65. The van der Waals surface area contributed by atoms with Crippen molar-refractivity contribution in [2.24, 2.45) is 0 Å². The normalized spacial score (nSPS) is 27.1. The van der Waals surface area contributed by atoms with E-state index in [-0.39, 0.29) is 12.2 Å². The average molecular weight is 325 g/mol. The van der Waals surface area contributed by atoms with E-state index in [4.69, 9.17) is 9.47 Å². The van der Waals surface area contributed by atoms with E-state index < -0.39 is 0 Å². The summed E-state index contributed by atoms with van der Waals surface area (Å²) in [7, 11) is 0. The topological polar surface area (TPSA) is 47.5 Å². The van der Waals surface area contributed by atoms with Gasteiger partial charge in [0.15, 0.2) is 0 Å². The first-order valence-electron chi connectivity index (χ1n) is 8.65. The van der Waals surface area contributed by atoms with E-state index in [0.29, 0.717) is 12.6 Å². The van der Waals surface area contributed by atoms with Gasteiger partial charge < -0.3 is 9.47 Å². The molecule has 0 aromatic carbocycles. The summed E-state index contributed by atoms with van der Waals surface area (Å²) in [4.78, 5) is 10.8. The quantitative estimate of drug-likeness (QED) is 0.845. The minimum atomic E-state index is 0.176. The number of aromatic nitrogens is 2. The summed E-state index contributed by atoms with van der Waals surface area (Å²) in [5.41, 5.74) is 2.43. The predicted octanol–water partition coefficient (Wildman–Crippen LogP) is 2.43. The van der Waals surface area contributed by atoms with Crippen LogP contribution in [0.25, 0.3) is 0 Å². The van der Waals surface area contributed by atoms with Gasteiger partial charge in [0.05, 0.1) is 25.4 Å². The highest BCUT2D eigenvalue weighted by molar-refractivity contribution is 5.11. The summed E-state index contributed by atoms with van der Waals surface area (Å²) in [5.74, 6) is 0. The molecule has 0 spiro atoms. The lowest BCUT2D eigenvalue weighted by Gasteiger charge is -2.39. The maximum Gasteiger partial charge on any atom is 0.0992 e. The number of ether oxygens (including phenoxy) is 2. The van der Waals surface area contributed by atoms with Gasteiger partial charge in [0.2, 0.25) is 0 Å². The molecule has 2 aromatic rings. The Morgan fingerprint density at radius 3 is 2.83 bits per heavy atom. The van der Waals surface area contributed by atoms with Gasteiger partial charge >= 0.3 is 0 Å². The number of nitrogens with zero attached hydrogens (tertiary/aromatic N) is 3. The number of rotatable bonds is 5. The second kappa shape index (κ2) is 7.38. The molecule has 0 bridgehead atoms. The molecular formula is C19H23N3O2. The lowest BCUT2D eigenvalue weighted by molar-refractivity contribution is -0.118. The van der Waals surface area contributed by atoms with Crippen molar-refractivity contribution < 1.29 is 9.47 Å². The molecule has 5 nitrogen and oxygen atoms in total. The zero-order chi connectivity index (χ0) is 16.2. The fraction of sp³-hybridized carbons (Fsp3) is 0.474. The van der Waals surface area contributed by atoms with E-state index in [1.54, 1.807) is 6.20 Å². The Hall–Kier alpha value is -1.82. The van der Waals surface area contributed by atoms with Crippen molar-refractivity contribution in [1.29, 1.82) is 0 Å². The summed E-state index contributed by atoms with van der Waals surface area (Å²) in [6.07, 6.45) is 9.92. The Labute approximate surface area is 142 Å². The highest BCUT2D eigenvalue weighted by Crippen LogP contribution is 2.33. The van der Waals surface area contributed by atoms with Crippen molar-refractivity contribution in [2.75, 3.05) is 13.2 Å². The van der Waals surface area contributed by atoms with Gasteiger partial charge in [0.25, 0.3) is 0 Å². The number of hydrogen-bond donors (Lipinski definition) is 0. The summed E-state index contributed by atoms with van der Waals surface area (Å²) < 4.78 is 12.2. The third-order valence-electron chi connectivity index (χ3n) is 4.97. The number of hydrogen-bond acceptors (Lipinski definition) is 5. The molecule has 4 rings (SSSR count). The van der Waals surface area contributed by atoms with Gasteiger partial charge in [-0.3, -0.25) is 14.9 Å². The molecule has 1 aliphatic carbocycles. The number of fused-ring (bicyclic) bond motifs is 1. The Morgan fingerprint density at radius 1 is 1.08 bits per heavy atom. The standard InChI is InChI=1S/C19H23N3O2/c1-2-16(12-21-7-1)14-24-18-4-3-17-19(18)23-11-10-22(17)13-15-5-8-20-9-6-15/h1-2,5-9,12,17-19H,3-4,10-11,13-14H2/t17-,18-,19+/m1/s1. The maximum absolute atomic E-state index is 6.16. The molecule has 3 heterocycles. The molecule has 0 radical (unpaired) electrons. The lowest BCUT2D eigenvalue weighted by atomic mass is 10.1. The summed E-state index contributed by atoms with van der Waals surface area (Å²) >= 11 is 0. The first kappa shape index (κ1) is 15.7. The molecule has 1 saturated heterocycles. The SMILES string of the molecule is c1cncc(CO[C@@H]2CC[C@@H]3[C@@H]2OCCN3Cc2ccncc2)c1. The molecule has 5 heteroatoms. The van der Waals surface area contributed by atoms with Gasteiger partial charge in [0, 0.05) is 43.9 Å². The zero-order valence-electron chi connectivity index (χ0n) is 13.8. The molecule has 3 atom stereocenters. The first-order chi connectivity index (χ1) is 11.9. The van der Waals surface area contributed by atoms with E-state index in [2.05, 4.69) is 33.1 Å². The molecule has 0 amide bonds. The van der Waals surface area contributed by atoms with Crippen LogP contribution >= 0.6 is 0 Å². The summed E-state index contributed by atoms with van der Waals surface area (Å²) in [6, 6.07) is 8.64. The molecule has 126 valence electrons. The molecule has 2 aliphatic rings. The Kier molecular flexibility index (Phi) is 4.83. The smallest absolute Gasteiger partial charge is 0.0992 e. The average Bonchev–Trinajstić information content (AvgIpc) is 3.06. The summed E-state index contributed by atoms with van der Waals surface area (Å²) in [5, 5.41) is 0. The fourth-order valence-electron chi connectivity index (χ4n) is 3.78. The van der Waals surface area contributed by atoms with Crippen LogP contribution in [-0.2, 0) is 22.6 Å². The van der Waals surface area contributed by atoms with Crippen LogP contribution in [0.2, 0.25) is 0 Å². The van der Waals surface area contributed by atoms with Crippen molar-refractivity contribution in [1.82, 2.24) is 14.9 Å². The number of pyridine rings is 2. The van der Waals surface area contributed by atoms with Crippen molar-refractivity contribution in [3.05, 3.63) is 60.2 Å². The van der Waals surface area contributed by atoms with Crippen LogP contribution in [0.3, 0.4) is 0 Å². The Bertz CT molecular complexity index is 638. The highest BCUT2D eigenvalue weighted by atomic mass is 16.5. The molecular weight excluding hydrogens is 302 g/mol. The van der Waals surface area contributed by atoms with Crippen LogP contribution in [0.4, 0.5) is 0 Å². The third kappa shape index (κ3) is 3.48. The Morgan fingerprint density at radius 2 is 2.00 bits per heavy atom. The van der Waals surface area contributed by atoms with Crippen molar-refractivity contribution in [2.45, 2.75) is 44.2 Å². The molecule has 24 heavy (non-hydrogen) atoms. The monoisotopic (exact) mass is 325 g/mol. The third-order valence-corrected chi connectivity index (χ3v) is 4.97. The van der Waals surface area contributed by atoms with Crippen LogP contribution < -0.4 is 0 Å². The van der Waals surface area contributed by atoms with Gasteiger partial charge in [-0.2, -0.15) is 0 Å². The number of morpholine rings is 1. The molecule has 1 saturated carbocycles. The highest BCUT2D eigenvalue weighted by Gasteiger charge is 2.43. The van der Waals surface area contributed by atoms with Gasteiger partial charge in [0.1, 0.15) is 0 Å². The van der Waals surface area contributed by atoms with E-state index in [1.807, 2.05) is 24.7 Å². The van der Waals surface area contributed by atoms with Crippen molar-refractivity contribution in [3.8, 4) is 0 Å². The zero-order valence-corrected chi connectivity index (χ0v) is 13.8. The summed E-state index contributed by atoms with van der Waals surface area (Å²) in [6.45, 7) is 3.33. The molecule has 2 fully saturated rings. The van der Waals surface area contributed by atoms with Crippen molar-refractivity contribution >= 4 is 0 Å². The second-order valence-corrected chi connectivity index (χ2v) is 6.52. The lowest BCUT2D eigenvalue weighted by Crippen LogP contribution is -2.51. The largest absolute Gasteiger partial charge is 0.373 e. The fourth-order valence-corrected chi connectivity index (χ4v) is 3.78. The molecule has 0 unspecified atom stereocenters. The van der Waals surface area contributed by atoms with Crippen LogP contribution in [0.1, 0.15) is 24.0 Å². The van der Waals surface area contributed by atoms with E-state index >= 15 is 0 Å². The van der Waals surface area contributed by atoms with Gasteiger partial charge in [-0.1, -0.05) is 6.07 Å².